The zero-order valence-electron chi connectivity index (χ0n) is 21.0. The predicted molar refractivity (Wildman–Crippen MR) is 135 cm³/mol. The highest BCUT2D eigenvalue weighted by Gasteiger charge is 2.36. The molecule has 190 valence electrons. The van der Waals surface area contributed by atoms with E-state index in [-0.39, 0.29) is 22.6 Å². The number of hydrogen-bond acceptors (Lipinski definition) is 5. The molecule has 0 radical (unpaired) electrons. The van der Waals surface area contributed by atoms with Gasteiger partial charge in [-0.25, -0.2) is 0 Å². The lowest BCUT2D eigenvalue weighted by Crippen LogP contribution is -2.43. The van der Waals surface area contributed by atoms with Crippen molar-refractivity contribution in [2.45, 2.75) is 57.0 Å². The lowest BCUT2D eigenvalue weighted by molar-refractivity contribution is 0.0892. The van der Waals surface area contributed by atoms with Crippen molar-refractivity contribution in [1.82, 2.24) is 15.2 Å². The van der Waals surface area contributed by atoms with Crippen LogP contribution in [0.3, 0.4) is 0 Å². The van der Waals surface area contributed by atoms with Crippen LogP contribution in [0.25, 0.3) is 0 Å². The Morgan fingerprint density at radius 2 is 1.69 bits per heavy atom. The monoisotopic (exact) mass is 483 g/mol. The molecule has 8 heteroatoms. The molecule has 1 aromatic heterocycles. The largest absolute Gasteiger partial charge is 0.383 e. The third kappa shape index (κ3) is 6.58. The number of nitrogens with one attached hydrogen (secondary N) is 2. The number of pyridine rings is 1. The Morgan fingerprint density at radius 1 is 1.03 bits per heavy atom. The molecule has 0 saturated heterocycles. The number of benzene rings is 1. The lowest BCUT2D eigenvalue weighted by atomic mass is 9.79. The first-order valence-corrected chi connectivity index (χ1v) is 12.3. The van der Waals surface area contributed by atoms with Crippen molar-refractivity contribution in [3.05, 3.63) is 69.6 Å². The molecule has 0 unspecified atom stereocenters. The van der Waals surface area contributed by atoms with Gasteiger partial charge in [0.05, 0.1) is 19.3 Å². The van der Waals surface area contributed by atoms with Crippen molar-refractivity contribution < 1.29 is 19.1 Å². The highest BCUT2D eigenvalue weighted by atomic mass is 16.5. The molecular formula is C27H37N3O5. The number of carbonyl (C=O) groups excluding carboxylic acids is 2. The van der Waals surface area contributed by atoms with E-state index in [1.165, 1.54) is 18.0 Å². The molecule has 8 nitrogen and oxygen atoms in total. The molecular weight excluding hydrogens is 446 g/mol. The fraction of sp³-hybridized carbons (Fsp3) is 0.519. The molecule has 35 heavy (non-hydrogen) atoms. The summed E-state index contributed by atoms with van der Waals surface area (Å²) in [5.74, 6) is -0.988. The number of ether oxygens (including phenoxy) is 2. The van der Waals surface area contributed by atoms with Gasteiger partial charge in [-0.05, 0) is 24.8 Å². The maximum atomic E-state index is 13.3. The Balaban J connectivity index is 1.86. The van der Waals surface area contributed by atoms with Gasteiger partial charge in [0.15, 0.2) is 0 Å². The number of carbonyl (C=O) groups is 2. The van der Waals surface area contributed by atoms with Gasteiger partial charge >= 0.3 is 0 Å². The fourth-order valence-electron chi connectivity index (χ4n) is 4.76. The van der Waals surface area contributed by atoms with Crippen molar-refractivity contribution in [1.29, 1.82) is 0 Å². The van der Waals surface area contributed by atoms with E-state index >= 15 is 0 Å². The molecule has 0 aliphatic heterocycles. The SMILES string of the molecule is CC[C@@H](COC)NC(=O)c1cn(CCOC)cc(C(=O)NCC2(c3ccccc3)CCCC2)c1=O. The van der Waals surface area contributed by atoms with Gasteiger partial charge in [-0.2, -0.15) is 0 Å². The van der Waals surface area contributed by atoms with E-state index in [2.05, 4.69) is 22.8 Å². The topological polar surface area (TPSA) is 98.7 Å². The van der Waals surface area contributed by atoms with Crippen LogP contribution in [-0.2, 0) is 21.4 Å². The van der Waals surface area contributed by atoms with Crippen LogP contribution in [0.15, 0.2) is 47.5 Å². The minimum absolute atomic E-state index is 0.0465. The van der Waals surface area contributed by atoms with Gasteiger partial charge in [0.2, 0.25) is 5.43 Å². The second-order valence-corrected chi connectivity index (χ2v) is 9.22. The molecule has 1 aliphatic rings. The summed E-state index contributed by atoms with van der Waals surface area (Å²) in [6.07, 6.45) is 7.80. The first-order valence-electron chi connectivity index (χ1n) is 12.3. The van der Waals surface area contributed by atoms with E-state index in [1.54, 1.807) is 18.8 Å². The Bertz CT molecular complexity index is 1040. The number of nitrogens with zero attached hydrogens (tertiary/aromatic N) is 1. The second-order valence-electron chi connectivity index (χ2n) is 9.22. The average molecular weight is 484 g/mol. The maximum Gasteiger partial charge on any atom is 0.257 e. The van der Waals surface area contributed by atoms with Gasteiger partial charge in [-0.15, -0.1) is 0 Å². The summed E-state index contributed by atoms with van der Waals surface area (Å²) in [6, 6.07) is 9.99. The van der Waals surface area contributed by atoms with Gasteiger partial charge in [-0.3, -0.25) is 14.4 Å². The van der Waals surface area contributed by atoms with Crippen LogP contribution in [0.2, 0.25) is 0 Å². The van der Waals surface area contributed by atoms with Crippen LogP contribution in [0.4, 0.5) is 0 Å². The smallest absolute Gasteiger partial charge is 0.257 e. The maximum absolute atomic E-state index is 13.3. The number of aromatic nitrogens is 1. The van der Waals surface area contributed by atoms with Crippen molar-refractivity contribution >= 4 is 11.8 Å². The van der Waals surface area contributed by atoms with Crippen LogP contribution in [0.1, 0.15) is 65.3 Å². The van der Waals surface area contributed by atoms with Crippen LogP contribution < -0.4 is 16.1 Å². The van der Waals surface area contributed by atoms with Crippen LogP contribution in [-0.4, -0.2) is 56.4 Å². The standard InChI is InChI=1S/C27H37N3O5/c1-4-21(18-35-3)29-26(33)23-17-30(14-15-34-2)16-22(24(23)31)25(32)28-19-27(12-8-9-13-27)20-10-6-5-7-11-20/h5-7,10-11,16-17,21H,4,8-9,12-15,18-19H2,1-3H3,(H,28,32)(H,29,33)/t21-/m0/s1. The predicted octanol–water partition coefficient (Wildman–Crippen LogP) is 2.89. The Morgan fingerprint density at radius 3 is 2.29 bits per heavy atom. The molecule has 0 bridgehead atoms. The van der Waals surface area contributed by atoms with Crippen LogP contribution >= 0.6 is 0 Å². The van der Waals surface area contributed by atoms with Gasteiger partial charge in [0.25, 0.3) is 11.8 Å². The second kappa shape index (κ2) is 12.7. The van der Waals surface area contributed by atoms with E-state index < -0.39 is 17.2 Å². The third-order valence-electron chi connectivity index (χ3n) is 6.85. The molecule has 2 aromatic rings. The van der Waals surface area contributed by atoms with Crippen LogP contribution in [0, 0.1) is 0 Å². The number of hydrogen-bond donors (Lipinski definition) is 2. The number of rotatable bonds is 12. The summed E-state index contributed by atoms with van der Waals surface area (Å²) >= 11 is 0. The normalized spacial score (nSPS) is 15.5. The van der Waals surface area contributed by atoms with E-state index in [1.807, 2.05) is 25.1 Å². The molecule has 1 atom stereocenters. The third-order valence-corrected chi connectivity index (χ3v) is 6.85. The number of amides is 2. The summed E-state index contributed by atoms with van der Waals surface area (Å²) in [7, 11) is 3.13. The Labute approximate surface area is 207 Å². The van der Waals surface area contributed by atoms with Crippen LogP contribution in [0.5, 0.6) is 0 Å². The fourth-order valence-corrected chi connectivity index (χ4v) is 4.76. The summed E-state index contributed by atoms with van der Waals surface area (Å²) in [5.41, 5.74) is 0.361. The van der Waals surface area contributed by atoms with Gasteiger partial charge in [0, 0.05) is 45.1 Å². The molecule has 0 spiro atoms. The summed E-state index contributed by atoms with van der Waals surface area (Å²) in [6.45, 7) is 3.48. The molecule has 1 heterocycles. The molecule has 1 fully saturated rings. The molecule has 2 amide bonds. The quantitative estimate of drug-likeness (QED) is 0.484. The zero-order valence-corrected chi connectivity index (χ0v) is 21.0. The number of methoxy groups -OCH3 is 2. The highest BCUT2D eigenvalue weighted by molar-refractivity contribution is 5.99. The molecule has 3 rings (SSSR count). The molecule has 1 aliphatic carbocycles. The van der Waals surface area contributed by atoms with Crippen molar-refractivity contribution in [2.24, 2.45) is 0 Å². The zero-order chi connectivity index (χ0) is 25.3. The van der Waals surface area contributed by atoms with Crippen molar-refractivity contribution in [3.8, 4) is 0 Å². The molecule has 2 N–H and O–H groups in total. The first-order chi connectivity index (χ1) is 16.9. The summed E-state index contributed by atoms with van der Waals surface area (Å²) in [5, 5.41) is 5.85. The minimum Gasteiger partial charge on any atom is -0.383 e. The van der Waals surface area contributed by atoms with E-state index in [0.29, 0.717) is 32.7 Å². The Kier molecular flexibility index (Phi) is 9.63. The average Bonchev–Trinajstić information content (AvgIpc) is 3.37. The van der Waals surface area contributed by atoms with Gasteiger partial charge in [-0.1, -0.05) is 50.1 Å². The van der Waals surface area contributed by atoms with E-state index in [9.17, 15) is 14.4 Å². The highest BCUT2D eigenvalue weighted by Crippen LogP contribution is 2.40. The minimum atomic E-state index is -0.582. The first kappa shape index (κ1) is 26.6. The summed E-state index contributed by atoms with van der Waals surface area (Å²) in [4.78, 5) is 39.5. The van der Waals surface area contributed by atoms with Crippen molar-refractivity contribution in [3.63, 3.8) is 0 Å². The van der Waals surface area contributed by atoms with E-state index in [0.717, 1.165) is 25.7 Å². The summed E-state index contributed by atoms with van der Waals surface area (Å²) < 4.78 is 12.0. The van der Waals surface area contributed by atoms with Gasteiger partial charge in [0.1, 0.15) is 11.1 Å². The van der Waals surface area contributed by atoms with Gasteiger partial charge < -0.3 is 24.7 Å². The lowest BCUT2D eigenvalue weighted by Gasteiger charge is -2.30. The molecule has 1 saturated carbocycles. The molecule has 1 aromatic carbocycles. The van der Waals surface area contributed by atoms with Crippen molar-refractivity contribution in [2.75, 3.05) is 34.0 Å². The van der Waals surface area contributed by atoms with E-state index in [4.69, 9.17) is 9.47 Å². The Hall–Kier alpha value is -2.97.